The van der Waals surface area contributed by atoms with E-state index in [2.05, 4.69) is 5.32 Å². The summed E-state index contributed by atoms with van der Waals surface area (Å²) in [5.41, 5.74) is 6.49. The Bertz CT molecular complexity index is 752. The number of nitrogens with two attached hydrogens (primary N) is 1. The van der Waals surface area contributed by atoms with Crippen LogP contribution in [0.5, 0.6) is 0 Å². The van der Waals surface area contributed by atoms with E-state index in [0.29, 0.717) is 18.0 Å². The van der Waals surface area contributed by atoms with Crippen LogP contribution in [0.15, 0.2) is 42.5 Å². The monoisotopic (exact) mass is 350 g/mol. The normalized spacial score (nSPS) is 10.2. The minimum absolute atomic E-state index is 0.0168. The van der Waals surface area contributed by atoms with E-state index < -0.39 is 24.3 Å². The van der Waals surface area contributed by atoms with Gasteiger partial charge in [0.05, 0.1) is 5.56 Å². The average molecular weight is 351 g/mol. The van der Waals surface area contributed by atoms with Crippen molar-refractivity contribution in [3.05, 3.63) is 64.4 Å². The van der Waals surface area contributed by atoms with Crippen LogP contribution in [0.3, 0.4) is 0 Å². The number of ether oxygens (including phenoxy) is 1. The van der Waals surface area contributed by atoms with Crippen LogP contribution in [-0.2, 0) is 16.0 Å². The minimum Gasteiger partial charge on any atom is -0.452 e. The van der Waals surface area contributed by atoms with Gasteiger partial charge < -0.3 is 15.8 Å². The molecular weight excluding hydrogens is 335 g/mol. The number of amides is 1. The Morgan fingerprint density at radius 1 is 1.21 bits per heavy atom. The molecule has 0 radical (unpaired) electrons. The van der Waals surface area contributed by atoms with Crippen LogP contribution in [0.4, 0.5) is 10.1 Å². The van der Waals surface area contributed by atoms with Gasteiger partial charge >= 0.3 is 5.97 Å². The molecule has 0 aromatic heterocycles. The van der Waals surface area contributed by atoms with Crippen molar-refractivity contribution in [2.45, 2.75) is 6.42 Å². The van der Waals surface area contributed by atoms with Crippen LogP contribution in [0.25, 0.3) is 0 Å². The molecule has 0 heterocycles. The number of hydrogen-bond acceptors (Lipinski definition) is 4. The molecule has 0 bridgehead atoms. The third kappa shape index (κ3) is 5.24. The van der Waals surface area contributed by atoms with Gasteiger partial charge in [0.25, 0.3) is 5.91 Å². The Morgan fingerprint density at radius 3 is 2.71 bits per heavy atom. The predicted molar refractivity (Wildman–Crippen MR) is 89.3 cm³/mol. The lowest BCUT2D eigenvalue weighted by Gasteiger charge is -2.08. The number of carbonyl (C=O) groups excluding carboxylic acids is 2. The number of nitrogens with one attached hydrogen (secondary N) is 1. The zero-order chi connectivity index (χ0) is 17.5. The average Bonchev–Trinajstić information content (AvgIpc) is 2.53. The molecule has 2 aromatic carbocycles. The molecule has 0 saturated heterocycles. The first-order valence-electron chi connectivity index (χ1n) is 7.19. The highest BCUT2D eigenvalue weighted by atomic mass is 35.5. The van der Waals surface area contributed by atoms with Gasteiger partial charge in [-0.15, -0.1) is 0 Å². The van der Waals surface area contributed by atoms with E-state index in [9.17, 15) is 14.0 Å². The van der Waals surface area contributed by atoms with Crippen LogP contribution in [0, 0.1) is 5.82 Å². The summed E-state index contributed by atoms with van der Waals surface area (Å²) in [4.78, 5) is 23.5. The van der Waals surface area contributed by atoms with Gasteiger partial charge in [0, 0.05) is 17.3 Å². The van der Waals surface area contributed by atoms with Crippen LogP contribution in [0.1, 0.15) is 15.9 Å². The van der Waals surface area contributed by atoms with Gasteiger partial charge in [-0.25, -0.2) is 9.18 Å². The molecule has 24 heavy (non-hydrogen) atoms. The van der Waals surface area contributed by atoms with Crippen LogP contribution < -0.4 is 11.1 Å². The SMILES string of the molecule is Nc1cc(F)ccc1C(=O)OCC(=O)NCCc1cccc(Cl)c1. The molecular formula is C17H16ClFN2O3. The van der Waals surface area contributed by atoms with E-state index in [1.165, 1.54) is 6.07 Å². The number of esters is 1. The smallest absolute Gasteiger partial charge is 0.340 e. The highest BCUT2D eigenvalue weighted by Crippen LogP contribution is 2.14. The molecule has 5 nitrogen and oxygen atoms in total. The number of anilines is 1. The molecule has 7 heteroatoms. The lowest BCUT2D eigenvalue weighted by Crippen LogP contribution is -2.30. The first-order chi connectivity index (χ1) is 11.5. The van der Waals surface area contributed by atoms with Gasteiger partial charge in [0.2, 0.25) is 0 Å². The maximum absolute atomic E-state index is 12.9. The van der Waals surface area contributed by atoms with E-state index >= 15 is 0 Å². The molecule has 3 N–H and O–H groups in total. The second kappa shape index (κ2) is 8.31. The Hall–Kier alpha value is -2.60. The minimum atomic E-state index is -0.780. The van der Waals surface area contributed by atoms with E-state index in [-0.39, 0.29) is 11.3 Å². The van der Waals surface area contributed by atoms with Crippen LogP contribution >= 0.6 is 11.6 Å². The third-order valence-corrected chi connectivity index (χ3v) is 3.43. The number of benzene rings is 2. The summed E-state index contributed by atoms with van der Waals surface area (Å²) in [6.07, 6.45) is 0.602. The molecule has 0 aliphatic heterocycles. The van der Waals surface area contributed by atoms with Crippen molar-refractivity contribution >= 4 is 29.2 Å². The predicted octanol–water partition coefficient (Wildman–Crippen LogP) is 2.58. The molecule has 2 aromatic rings. The molecule has 126 valence electrons. The summed E-state index contributed by atoms with van der Waals surface area (Å²) in [6.45, 7) is -0.0550. The van der Waals surface area contributed by atoms with Crippen molar-refractivity contribution in [2.24, 2.45) is 0 Å². The molecule has 0 spiro atoms. The van der Waals surface area contributed by atoms with Gasteiger partial charge in [-0.1, -0.05) is 23.7 Å². The topological polar surface area (TPSA) is 81.4 Å². The highest BCUT2D eigenvalue weighted by molar-refractivity contribution is 6.30. The molecule has 0 aliphatic carbocycles. The van der Waals surface area contributed by atoms with E-state index in [0.717, 1.165) is 17.7 Å². The van der Waals surface area contributed by atoms with Crippen LogP contribution in [0.2, 0.25) is 5.02 Å². The van der Waals surface area contributed by atoms with Gasteiger partial charge in [-0.2, -0.15) is 0 Å². The molecule has 0 atom stereocenters. The maximum Gasteiger partial charge on any atom is 0.340 e. The van der Waals surface area contributed by atoms with Crippen molar-refractivity contribution in [3.63, 3.8) is 0 Å². The summed E-state index contributed by atoms with van der Waals surface area (Å²) >= 11 is 5.87. The number of rotatable bonds is 6. The summed E-state index contributed by atoms with van der Waals surface area (Å²) in [7, 11) is 0. The van der Waals surface area contributed by atoms with Gasteiger partial charge in [0.1, 0.15) is 5.82 Å². The fourth-order valence-electron chi connectivity index (χ4n) is 2.02. The first kappa shape index (κ1) is 17.7. The van der Waals surface area contributed by atoms with Crippen molar-refractivity contribution in [1.29, 1.82) is 0 Å². The molecule has 1 amide bonds. The largest absolute Gasteiger partial charge is 0.452 e. The Balaban J connectivity index is 1.75. The lowest BCUT2D eigenvalue weighted by atomic mass is 10.1. The molecule has 0 saturated carbocycles. The van der Waals surface area contributed by atoms with Crippen molar-refractivity contribution in [3.8, 4) is 0 Å². The number of carbonyl (C=O) groups is 2. The fraction of sp³-hybridized carbons (Fsp3) is 0.176. The van der Waals surface area contributed by atoms with E-state index in [1.54, 1.807) is 6.07 Å². The zero-order valence-corrected chi connectivity index (χ0v) is 13.5. The van der Waals surface area contributed by atoms with Crippen LogP contribution in [-0.4, -0.2) is 25.0 Å². The Morgan fingerprint density at radius 2 is 2.00 bits per heavy atom. The number of nitrogen functional groups attached to an aromatic ring is 1. The second-order valence-electron chi connectivity index (χ2n) is 5.04. The molecule has 0 fully saturated rings. The molecule has 0 unspecified atom stereocenters. The van der Waals surface area contributed by atoms with Gasteiger partial charge in [0.15, 0.2) is 6.61 Å². The van der Waals surface area contributed by atoms with E-state index in [4.69, 9.17) is 22.1 Å². The fourth-order valence-corrected chi connectivity index (χ4v) is 2.23. The Labute approximate surface area is 143 Å². The van der Waals surface area contributed by atoms with Crippen molar-refractivity contribution in [2.75, 3.05) is 18.9 Å². The molecule has 0 aliphatic rings. The van der Waals surface area contributed by atoms with Crippen molar-refractivity contribution in [1.82, 2.24) is 5.32 Å². The standard InChI is InChI=1S/C17H16ClFN2O3/c18-12-3-1-2-11(8-12)6-7-21-16(22)10-24-17(23)14-5-4-13(19)9-15(14)20/h1-5,8-9H,6-7,10,20H2,(H,21,22). The highest BCUT2D eigenvalue weighted by Gasteiger charge is 2.13. The first-order valence-corrected chi connectivity index (χ1v) is 7.57. The van der Waals surface area contributed by atoms with Gasteiger partial charge in [-0.3, -0.25) is 4.79 Å². The quantitative estimate of drug-likeness (QED) is 0.619. The van der Waals surface area contributed by atoms with E-state index in [1.807, 2.05) is 18.2 Å². The Kier molecular flexibility index (Phi) is 6.14. The summed E-state index contributed by atoms with van der Waals surface area (Å²) in [5, 5.41) is 3.26. The molecule has 2 rings (SSSR count). The summed E-state index contributed by atoms with van der Waals surface area (Å²) in [6, 6.07) is 10.6. The zero-order valence-electron chi connectivity index (χ0n) is 12.7. The number of hydrogen-bond donors (Lipinski definition) is 2. The lowest BCUT2D eigenvalue weighted by molar-refractivity contribution is -0.124. The summed E-state index contributed by atoms with van der Waals surface area (Å²) in [5.74, 6) is -1.77. The third-order valence-electron chi connectivity index (χ3n) is 3.19. The summed E-state index contributed by atoms with van der Waals surface area (Å²) < 4.78 is 17.8. The van der Waals surface area contributed by atoms with Crippen molar-refractivity contribution < 1.29 is 18.7 Å². The van der Waals surface area contributed by atoms with Gasteiger partial charge in [-0.05, 0) is 42.3 Å². The second-order valence-corrected chi connectivity index (χ2v) is 5.47. The maximum atomic E-state index is 12.9. The number of halogens is 2.